The Hall–Kier alpha value is -1.47. The molecule has 0 bridgehead atoms. The summed E-state index contributed by atoms with van der Waals surface area (Å²) in [7, 11) is 1.62. The molecule has 3 rings (SSSR count). The minimum Gasteiger partial charge on any atom is -0.377 e. The largest absolute Gasteiger partial charge is 0.377 e. The van der Waals surface area contributed by atoms with Gasteiger partial charge in [-0.2, -0.15) is 4.98 Å². The molecule has 1 aromatic heterocycles. The van der Waals surface area contributed by atoms with Crippen LogP contribution in [0.25, 0.3) is 0 Å². The molecule has 2 saturated heterocycles. The number of hydrogen-bond donors (Lipinski definition) is 0. The van der Waals surface area contributed by atoms with E-state index in [1.165, 1.54) is 19.3 Å². The third kappa shape index (κ3) is 4.29. The van der Waals surface area contributed by atoms with Gasteiger partial charge in [0.25, 0.3) is 0 Å². The molecule has 7 heteroatoms. The number of amides is 1. The lowest BCUT2D eigenvalue weighted by atomic mass is 9.99. The molecule has 1 atom stereocenters. The van der Waals surface area contributed by atoms with E-state index in [-0.39, 0.29) is 0 Å². The number of carbonyl (C=O) groups excluding carboxylic acids is 1. The van der Waals surface area contributed by atoms with E-state index < -0.39 is 0 Å². The Morgan fingerprint density at radius 1 is 1.30 bits per heavy atom. The number of nitrogens with zero attached hydrogens (tertiary/aromatic N) is 4. The second-order valence-electron chi connectivity index (χ2n) is 6.43. The molecule has 1 unspecified atom stereocenters. The van der Waals surface area contributed by atoms with Crippen LogP contribution in [0.2, 0.25) is 0 Å². The molecular weight excluding hydrogens is 296 g/mol. The average Bonchev–Trinajstić information content (AvgIpc) is 3.16. The van der Waals surface area contributed by atoms with Crippen molar-refractivity contribution in [2.45, 2.75) is 57.7 Å². The molecule has 1 aromatic rings. The smallest absolute Gasteiger partial charge is 0.240 e. The lowest BCUT2D eigenvalue weighted by Gasteiger charge is -2.35. The number of hydrogen-bond acceptors (Lipinski definition) is 6. The average molecular weight is 322 g/mol. The molecule has 7 nitrogen and oxygen atoms in total. The highest BCUT2D eigenvalue weighted by Crippen LogP contribution is 2.23. The van der Waals surface area contributed by atoms with E-state index in [1.54, 1.807) is 7.11 Å². The molecular formula is C16H26N4O3. The van der Waals surface area contributed by atoms with Gasteiger partial charge in [-0.15, -0.1) is 0 Å². The maximum atomic E-state index is 11.8. The van der Waals surface area contributed by atoms with Gasteiger partial charge in [-0.1, -0.05) is 11.6 Å². The molecule has 0 radical (unpaired) electrons. The van der Waals surface area contributed by atoms with Crippen molar-refractivity contribution in [1.29, 1.82) is 0 Å². The lowest BCUT2D eigenvalue weighted by Crippen LogP contribution is -2.41. The molecule has 3 heterocycles. The van der Waals surface area contributed by atoms with Crippen LogP contribution in [0, 0.1) is 0 Å². The molecule has 1 amide bonds. The molecule has 2 aliphatic heterocycles. The third-order valence-electron chi connectivity index (χ3n) is 4.77. The van der Waals surface area contributed by atoms with E-state index in [2.05, 4.69) is 15.0 Å². The Balaban J connectivity index is 1.53. The van der Waals surface area contributed by atoms with Crippen LogP contribution in [0.15, 0.2) is 4.52 Å². The first-order chi connectivity index (χ1) is 11.3. The SMILES string of the molecule is COCc1noc(CN2CCCCC2CCN2CCCC2=O)n1. The first-order valence-electron chi connectivity index (χ1n) is 8.58. The maximum Gasteiger partial charge on any atom is 0.240 e. The Morgan fingerprint density at radius 2 is 2.22 bits per heavy atom. The van der Waals surface area contributed by atoms with Gasteiger partial charge in [0.1, 0.15) is 6.61 Å². The van der Waals surface area contributed by atoms with Crippen LogP contribution in [0.3, 0.4) is 0 Å². The monoisotopic (exact) mass is 322 g/mol. The second-order valence-corrected chi connectivity index (χ2v) is 6.43. The van der Waals surface area contributed by atoms with E-state index in [0.717, 1.165) is 38.9 Å². The van der Waals surface area contributed by atoms with Crippen molar-refractivity contribution in [3.05, 3.63) is 11.7 Å². The van der Waals surface area contributed by atoms with Crippen LogP contribution in [-0.2, 0) is 22.7 Å². The number of piperidine rings is 1. The van der Waals surface area contributed by atoms with Crippen molar-refractivity contribution in [3.63, 3.8) is 0 Å². The Kier molecular flexibility index (Phi) is 5.61. The lowest BCUT2D eigenvalue weighted by molar-refractivity contribution is -0.127. The number of aromatic nitrogens is 2. The summed E-state index contributed by atoms with van der Waals surface area (Å²) in [6.07, 6.45) is 6.41. The van der Waals surface area contributed by atoms with Crippen LogP contribution < -0.4 is 0 Å². The van der Waals surface area contributed by atoms with Crippen LogP contribution in [-0.4, -0.2) is 58.6 Å². The fourth-order valence-corrected chi connectivity index (χ4v) is 3.56. The van der Waals surface area contributed by atoms with Crippen molar-refractivity contribution in [3.8, 4) is 0 Å². The maximum absolute atomic E-state index is 11.8. The first kappa shape index (κ1) is 16.4. The van der Waals surface area contributed by atoms with Crippen molar-refractivity contribution in [2.75, 3.05) is 26.7 Å². The standard InChI is InChI=1S/C16H26N4O3/c1-22-12-14-17-15(23-18-14)11-20-8-3-2-5-13(20)7-10-19-9-4-6-16(19)21/h13H,2-12H2,1H3. The first-order valence-corrected chi connectivity index (χ1v) is 8.58. The quantitative estimate of drug-likeness (QED) is 0.759. The van der Waals surface area contributed by atoms with Gasteiger partial charge < -0.3 is 14.2 Å². The predicted octanol–water partition coefficient (Wildman–Crippen LogP) is 1.58. The zero-order valence-electron chi connectivity index (χ0n) is 13.9. The zero-order chi connectivity index (χ0) is 16.1. The second kappa shape index (κ2) is 7.88. The highest BCUT2D eigenvalue weighted by molar-refractivity contribution is 5.77. The fraction of sp³-hybridized carbons (Fsp3) is 0.812. The Bertz CT molecular complexity index is 519. The summed E-state index contributed by atoms with van der Waals surface area (Å²) < 4.78 is 10.3. The summed E-state index contributed by atoms with van der Waals surface area (Å²) in [6, 6.07) is 0.495. The van der Waals surface area contributed by atoms with Gasteiger partial charge in [0.2, 0.25) is 11.8 Å². The predicted molar refractivity (Wildman–Crippen MR) is 83.5 cm³/mol. The Morgan fingerprint density at radius 3 is 3.00 bits per heavy atom. The van der Waals surface area contributed by atoms with Crippen molar-refractivity contribution >= 4 is 5.91 Å². The molecule has 0 aliphatic carbocycles. The third-order valence-corrected chi connectivity index (χ3v) is 4.77. The van der Waals surface area contributed by atoms with E-state index in [0.29, 0.717) is 36.8 Å². The van der Waals surface area contributed by atoms with E-state index in [9.17, 15) is 4.79 Å². The van der Waals surface area contributed by atoms with Gasteiger partial charge in [0, 0.05) is 32.7 Å². The van der Waals surface area contributed by atoms with Crippen LogP contribution in [0.1, 0.15) is 50.2 Å². The molecule has 0 aromatic carbocycles. The van der Waals surface area contributed by atoms with Gasteiger partial charge in [0.05, 0.1) is 6.54 Å². The van der Waals surface area contributed by atoms with E-state index in [4.69, 9.17) is 9.26 Å². The summed E-state index contributed by atoms with van der Waals surface area (Å²) in [4.78, 5) is 20.6. The minimum atomic E-state index is 0.313. The minimum absolute atomic E-state index is 0.313. The van der Waals surface area contributed by atoms with Crippen molar-refractivity contribution in [2.24, 2.45) is 0 Å². The van der Waals surface area contributed by atoms with Crippen LogP contribution >= 0.6 is 0 Å². The Labute approximate surface area is 137 Å². The summed E-state index contributed by atoms with van der Waals surface area (Å²) in [5.41, 5.74) is 0. The summed E-state index contributed by atoms with van der Waals surface area (Å²) >= 11 is 0. The van der Waals surface area contributed by atoms with Crippen LogP contribution in [0.5, 0.6) is 0 Å². The normalized spacial score (nSPS) is 22.9. The number of methoxy groups -OCH3 is 1. The topological polar surface area (TPSA) is 71.7 Å². The van der Waals surface area contributed by atoms with Gasteiger partial charge in [-0.3, -0.25) is 9.69 Å². The molecule has 2 aliphatic rings. The zero-order valence-corrected chi connectivity index (χ0v) is 13.9. The van der Waals surface area contributed by atoms with Gasteiger partial charge >= 0.3 is 0 Å². The van der Waals surface area contributed by atoms with Gasteiger partial charge in [0.15, 0.2) is 5.82 Å². The van der Waals surface area contributed by atoms with Crippen molar-refractivity contribution < 1.29 is 14.1 Å². The number of carbonyl (C=O) groups is 1. The highest BCUT2D eigenvalue weighted by atomic mass is 16.5. The molecule has 0 N–H and O–H groups in total. The molecule has 128 valence electrons. The summed E-state index contributed by atoms with van der Waals surface area (Å²) in [6.45, 7) is 3.92. The summed E-state index contributed by atoms with van der Waals surface area (Å²) in [5, 5.41) is 3.92. The number of rotatable bonds is 7. The molecule has 23 heavy (non-hydrogen) atoms. The molecule has 0 saturated carbocycles. The molecule has 2 fully saturated rings. The molecule has 0 spiro atoms. The fourth-order valence-electron chi connectivity index (χ4n) is 3.56. The number of ether oxygens (including phenoxy) is 1. The highest BCUT2D eigenvalue weighted by Gasteiger charge is 2.27. The van der Waals surface area contributed by atoms with Gasteiger partial charge in [-0.25, -0.2) is 0 Å². The van der Waals surface area contributed by atoms with Gasteiger partial charge in [-0.05, 0) is 32.2 Å². The van der Waals surface area contributed by atoms with E-state index in [1.807, 2.05) is 4.90 Å². The summed E-state index contributed by atoms with van der Waals surface area (Å²) in [5.74, 6) is 1.56. The van der Waals surface area contributed by atoms with Crippen molar-refractivity contribution in [1.82, 2.24) is 19.9 Å². The van der Waals surface area contributed by atoms with E-state index >= 15 is 0 Å². The number of likely N-dealkylation sites (tertiary alicyclic amines) is 2. The van der Waals surface area contributed by atoms with Crippen LogP contribution in [0.4, 0.5) is 0 Å².